The van der Waals surface area contributed by atoms with Crippen molar-refractivity contribution in [1.82, 2.24) is 10.2 Å². The predicted octanol–water partition coefficient (Wildman–Crippen LogP) is 3.38. The molecule has 2 amide bonds. The Morgan fingerprint density at radius 1 is 1.00 bits per heavy atom. The molecule has 0 spiro atoms. The van der Waals surface area contributed by atoms with Gasteiger partial charge in [-0.25, -0.2) is 9.59 Å². The summed E-state index contributed by atoms with van der Waals surface area (Å²) < 4.78 is 5.60. The minimum atomic E-state index is -0.994. The molecule has 1 saturated heterocycles. The highest BCUT2D eigenvalue weighted by Gasteiger charge is 2.44. The Labute approximate surface area is 186 Å². The first kappa shape index (κ1) is 20.5. The van der Waals surface area contributed by atoms with Crippen molar-refractivity contribution in [3.63, 3.8) is 0 Å². The van der Waals surface area contributed by atoms with Crippen LogP contribution in [-0.2, 0) is 14.3 Å². The molecule has 0 bridgehead atoms. The maximum Gasteiger partial charge on any atom is 0.407 e. The van der Waals surface area contributed by atoms with Gasteiger partial charge in [-0.05, 0) is 53.9 Å². The van der Waals surface area contributed by atoms with Gasteiger partial charge in [0.25, 0.3) is 0 Å². The number of nitrogens with zero attached hydrogens (tertiary/aromatic N) is 1. The second-order valence-corrected chi connectivity index (χ2v) is 8.81. The number of carbonyl (C=O) groups is 3. The van der Waals surface area contributed by atoms with Gasteiger partial charge in [0, 0.05) is 12.5 Å². The number of carboxylic acid groups (broad SMARTS) is 1. The van der Waals surface area contributed by atoms with Crippen molar-refractivity contribution < 1.29 is 24.2 Å². The molecule has 2 aromatic rings. The normalized spacial score (nSPS) is 20.4. The van der Waals surface area contributed by atoms with E-state index in [-0.39, 0.29) is 24.3 Å². The van der Waals surface area contributed by atoms with Crippen LogP contribution in [0.4, 0.5) is 4.79 Å². The van der Waals surface area contributed by atoms with E-state index < -0.39 is 24.1 Å². The van der Waals surface area contributed by atoms with Crippen molar-refractivity contribution >= 4 is 18.0 Å². The maximum atomic E-state index is 13.1. The molecule has 1 aliphatic heterocycles. The molecule has 2 fully saturated rings. The van der Waals surface area contributed by atoms with Crippen molar-refractivity contribution in [2.24, 2.45) is 5.92 Å². The minimum Gasteiger partial charge on any atom is -0.480 e. The molecule has 0 aromatic heterocycles. The van der Waals surface area contributed by atoms with E-state index in [1.807, 2.05) is 24.3 Å². The molecule has 5 rings (SSSR count). The van der Waals surface area contributed by atoms with Gasteiger partial charge in [-0.3, -0.25) is 4.79 Å². The fraction of sp³-hybridized carbons (Fsp3) is 0.400. The van der Waals surface area contributed by atoms with Gasteiger partial charge < -0.3 is 20.1 Å². The highest BCUT2D eigenvalue weighted by Crippen LogP contribution is 2.44. The number of hydrogen-bond acceptors (Lipinski definition) is 4. The zero-order chi connectivity index (χ0) is 22.2. The molecule has 2 aromatic carbocycles. The molecular weight excluding hydrogens is 408 g/mol. The molecule has 2 N–H and O–H groups in total. The summed E-state index contributed by atoms with van der Waals surface area (Å²) in [6.45, 7) is 0.582. The number of amides is 2. The molecule has 3 aliphatic rings. The van der Waals surface area contributed by atoms with Crippen molar-refractivity contribution in [3.05, 3.63) is 59.7 Å². The summed E-state index contributed by atoms with van der Waals surface area (Å²) in [7, 11) is 0. The van der Waals surface area contributed by atoms with E-state index in [1.54, 1.807) is 0 Å². The highest BCUT2D eigenvalue weighted by molar-refractivity contribution is 5.90. The standard InChI is InChI=1S/C25H26N2O5/c28-23(27-13-5-10-21(27)24(29)30)22(15-11-12-15)26-25(31)32-14-20-18-8-3-1-6-16(18)17-7-2-4-9-19(17)20/h1-4,6-9,15,20-22H,5,10-14H2,(H,26,31)(H,29,30). The monoisotopic (exact) mass is 434 g/mol. The van der Waals surface area contributed by atoms with Crippen LogP contribution in [0.3, 0.4) is 0 Å². The van der Waals surface area contributed by atoms with Crippen molar-refractivity contribution in [3.8, 4) is 11.1 Å². The molecule has 7 heteroatoms. The molecule has 2 aliphatic carbocycles. The van der Waals surface area contributed by atoms with Crippen molar-refractivity contribution in [2.75, 3.05) is 13.2 Å². The second-order valence-electron chi connectivity index (χ2n) is 8.81. The van der Waals surface area contributed by atoms with Gasteiger partial charge in [0.15, 0.2) is 0 Å². The summed E-state index contributed by atoms with van der Waals surface area (Å²) in [5.41, 5.74) is 4.55. The van der Waals surface area contributed by atoms with E-state index in [1.165, 1.54) is 4.90 Å². The second kappa shape index (κ2) is 8.30. The van der Waals surface area contributed by atoms with Gasteiger partial charge in [0.1, 0.15) is 18.7 Å². The zero-order valence-electron chi connectivity index (χ0n) is 17.7. The molecular formula is C25H26N2O5. The Hall–Kier alpha value is -3.35. The Balaban J connectivity index is 1.26. The number of fused-ring (bicyclic) bond motifs is 3. The quantitative estimate of drug-likeness (QED) is 0.727. The third kappa shape index (κ3) is 3.72. The molecule has 2 atom stereocenters. The maximum absolute atomic E-state index is 13.1. The van der Waals surface area contributed by atoms with Crippen LogP contribution in [0.2, 0.25) is 0 Å². The topological polar surface area (TPSA) is 95.9 Å². The first-order valence-electron chi connectivity index (χ1n) is 11.2. The average Bonchev–Trinajstić information content (AvgIpc) is 3.42. The van der Waals surface area contributed by atoms with E-state index in [9.17, 15) is 19.5 Å². The average molecular weight is 434 g/mol. The van der Waals surface area contributed by atoms with Crippen LogP contribution in [-0.4, -0.2) is 53.2 Å². The molecule has 32 heavy (non-hydrogen) atoms. The van der Waals surface area contributed by atoms with Gasteiger partial charge in [-0.2, -0.15) is 0 Å². The predicted molar refractivity (Wildman–Crippen MR) is 117 cm³/mol. The number of rotatable bonds is 6. The SMILES string of the molecule is O=C(NC(C(=O)N1CCCC1C(=O)O)C1CC1)OCC1c2ccccc2-c2ccccc21. The van der Waals surface area contributed by atoms with Crippen LogP contribution in [0.25, 0.3) is 11.1 Å². The Kier molecular flexibility index (Phi) is 5.33. The van der Waals surface area contributed by atoms with Gasteiger partial charge >= 0.3 is 12.1 Å². The fourth-order valence-electron chi connectivity index (χ4n) is 5.04. The number of nitrogens with one attached hydrogen (secondary N) is 1. The van der Waals surface area contributed by atoms with E-state index in [0.29, 0.717) is 19.4 Å². The van der Waals surface area contributed by atoms with Crippen LogP contribution in [0.15, 0.2) is 48.5 Å². The number of carboxylic acids is 1. The largest absolute Gasteiger partial charge is 0.480 e. The fourth-order valence-corrected chi connectivity index (χ4v) is 5.04. The smallest absolute Gasteiger partial charge is 0.407 e. The molecule has 7 nitrogen and oxygen atoms in total. The number of benzene rings is 2. The number of likely N-dealkylation sites (tertiary alicyclic amines) is 1. The summed E-state index contributed by atoms with van der Waals surface area (Å²) in [5.74, 6) is -1.33. The Morgan fingerprint density at radius 3 is 2.22 bits per heavy atom. The van der Waals surface area contributed by atoms with Crippen LogP contribution in [0, 0.1) is 5.92 Å². The number of alkyl carbamates (subject to hydrolysis) is 1. The first-order valence-corrected chi connectivity index (χ1v) is 11.2. The van der Waals surface area contributed by atoms with E-state index in [2.05, 4.69) is 29.6 Å². The van der Waals surface area contributed by atoms with Crippen molar-refractivity contribution in [1.29, 1.82) is 0 Å². The first-order chi connectivity index (χ1) is 15.5. The molecule has 1 heterocycles. The molecule has 2 unspecified atom stereocenters. The summed E-state index contributed by atoms with van der Waals surface area (Å²) in [4.78, 5) is 38.6. The zero-order valence-corrected chi connectivity index (χ0v) is 17.7. The van der Waals surface area contributed by atoms with Gasteiger partial charge in [0.05, 0.1) is 0 Å². The van der Waals surface area contributed by atoms with E-state index in [4.69, 9.17) is 4.74 Å². The summed E-state index contributed by atoms with van der Waals surface area (Å²) in [6, 6.07) is 14.7. The molecule has 0 radical (unpaired) electrons. The molecule has 1 saturated carbocycles. The number of carbonyl (C=O) groups excluding carboxylic acids is 2. The van der Waals surface area contributed by atoms with Gasteiger partial charge in [-0.15, -0.1) is 0 Å². The number of hydrogen-bond donors (Lipinski definition) is 2. The van der Waals surface area contributed by atoms with Crippen molar-refractivity contribution in [2.45, 2.75) is 43.7 Å². The lowest BCUT2D eigenvalue weighted by Crippen LogP contribution is -2.52. The summed E-state index contributed by atoms with van der Waals surface area (Å²) >= 11 is 0. The van der Waals surface area contributed by atoms with Gasteiger partial charge in [-0.1, -0.05) is 48.5 Å². The van der Waals surface area contributed by atoms with E-state index in [0.717, 1.165) is 35.1 Å². The Morgan fingerprint density at radius 2 is 1.62 bits per heavy atom. The lowest BCUT2D eigenvalue weighted by molar-refractivity contribution is -0.149. The van der Waals surface area contributed by atoms with Gasteiger partial charge in [0.2, 0.25) is 5.91 Å². The number of aliphatic carboxylic acids is 1. The van der Waals surface area contributed by atoms with Crippen LogP contribution < -0.4 is 5.32 Å². The summed E-state index contributed by atoms with van der Waals surface area (Å²) in [6.07, 6.45) is 2.15. The van der Waals surface area contributed by atoms with E-state index >= 15 is 0 Å². The minimum absolute atomic E-state index is 0.0398. The lowest BCUT2D eigenvalue weighted by atomic mass is 9.98. The molecule has 166 valence electrons. The third-order valence-corrected chi connectivity index (χ3v) is 6.80. The lowest BCUT2D eigenvalue weighted by Gasteiger charge is -2.27. The van der Waals surface area contributed by atoms with Crippen LogP contribution in [0.1, 0.15) is 42.7 Å². The highest BCUT2D eigenvalue weighted by atomic mass is 16.5. The summed E-state index contributed by atoms with van der Waals surface area (Å²) in [5, 5.41) is 12.2. The van der Waals surface area contributed by atoms with Crippen LogP contribution >= 0.6 is 0 Å². The Bertz CT molecular complexity index is 1020. The number of ether oxygens (including phenoxy) is 1. The van der Waals surface area contributed by atoms with Crippen LogP contribution in [0.5, 0.6) is 0 Å². The third-order valence-electron chi connectivity index (χ3n) is 6.80.